The molecule has 3 fully saturated rings. The van der Waals surface area contributed by atoms with Crippen molar-refractivity contribution in [2.75, 3.05) is 65.4 Å². The van der Waals surface area contributed by atoms with Crippen LogP contribution < -0.4 is 65.1 Å². The van der Waals surface area contributed by atoms with Crippen LogP contribution in [0, 0.1) is 17.2 Å². The number of nitrogens with zero attached hydrogens (tertiary/aromatic N) is 6. The molecule has 0 unspecified atom stereocenters. The molecule has 0 spiro atoms. The second-order valence-electron chi connectivity index (χ2n) is 34.9. The number of para-hydroxylation sites is 2. The first-order valence-corrected chi connectivity index (χ1v) is 47.2. The Morgan fingerprint density at radius 1 is 0.569 bits per heavy atom. The number of aliphatic hydroxyl groups is 2. The Labute approximate surface area is 799 Å². The van der Waals surface area contributed by atoms with E-state index in [1.807, 2.05) is 13.8 Å². The monoisotopic (exact) mass is 1940 g/mol. The van der Waals surface area contributed by atoms with Gasteiger partial charge in [0.2, 0.25) is 88.6 Å². The van der Waals surface area contributed by atoms with Gasteiger partial charge in [0, 0.05) is 148 Å². The van der Waals surface area contributed by atoms with Crippen LogP contribution in [-0.2, 0) is 112 Å². The first-order valence-electron chi connectivity index (χ1n) is 45.7. The van der Waals surface area contributed by atoms with E-state index in [4.69, 9.17) is 34.2 Å². The standard InChI is InChI=1S/C92H125ClN22O21S/c1-7-9-22-70-85(130)105-63(21-15-31-99-92(96)97)83(128)110-69(82(127)102-44-77(95)121)47-137-48-78(122)104-66(33-51-25-27-56(93)28-26-51)88(133)111(4)50(3)80(125)108-67(40-76(94)120)90(135)114-32-16-24-71(114)86(131)107-65(38-57-43-98-49-103-57)84(129)106-64(29-30-79(123)124)89(134)115-45-58(117)39-73(115)75(119)36-52(34-54-41-100-61-19-13-11-17-59(54)61)81(126)109-68(46-116)74(118)37-53(35-55-42-101-62-20-14-12-18-60(55)62)87(132)113(6)72(23-10-8-2)91(136)112(70)5/h11-14,17-20,25-28,41-43,49-50,52-53,58,63-73,100-101,116-117H,7-10,15-16,21-24,29-40,44-48H2,1-6H3,(H2,94,120)(H2,95,121)(H,98,103)(H,102,127)(H,104,122)(H,105,130)(H,106,129)(H,107,131)(H,108,125)(H,109,126)(H,110,128)(H,123,124)(H4,96,97,99)/t50-,52+,53+,58+,63-,64-,65-,66-,67-,68-,69-,70-,71-,72-,73-/m0/s1. The molecule has 6 aromatic rings. The molecule has 6 heterocycles. The molecular formula is C92H125ClN22O21S. The second kappa shape index (κ2) is 51.5. The maximum atomic E-state index is 15.8. The molecule has 0 aliphatic carbocycles. The van der Waals surface area contributed by atoms with E-state index < -0.39 is 279 Å². The number of halogens is 1. The number of benzene rings is 3. The smallest absolute Gasteiger partial charge is 0.303 e. The topological polar surface area (TPSA) is 655 Å². The van der Waals surface area contributed by atoms with Gasteiger partial charge in [0.05, 0.1) is 43.8 Å². The number of ketones is 2. The highest BCUT2D eigenvalue weighted by atomic mass is 35.5. The van der Waals surface area contributed by atoms with Gasteiger partial charge < -0.3 is 120 Å². The van der Waals surface area contributed by atoms with Crippen LogP contribution in [-0.4, -0.2) is 316 Å². The number of rotatable bonds is 27. The Hall–Kier alpha value is -13.4. The molecule has 9 rings (SSSR count). The van der Waals surface area contributed by atoms with Gasteiger partial charge in [-0.05, 0) is 106 Å². The van der Waals surface area contributed by atoms with Gasteiger partial charge in [-0.1, -0.05) is 99.7 Å². The van der Waals surface area contributed by atoms with Gasteiger partial charge in [-0.3, -0.25) is 91.7 Å². The number of aromatic nitrogens is 4. The van der Waals surface area contributed by atoms with E-state index in [1.54, 1.807) is 73.1 Å². The summed E-state index contributed by atoms with van der Waals surface area (Å²) in [7, 11) is 3.94. The van der Waals surface area contributed by atoms with Crippen molar-refractivity contribution < 1.29 is 102 Å². The van der Waals surface area contributed by atoms with Gasteiger partial charge in [0.15, 0.2) is 17.5 Å². The predicted molar refractivity (Wildman–Crippen MR) is 503 cm³/mol. The zero-order chi connectivity index (χ0) is 100. The highest BCUT2D eigenvalue weighted by molar-refractivity contribution is 8.00. The van der Waals surface area contributed by atoms with Crippen molar-refractivity contribution >= 4 is 157 Å². The minimum absolute atomic E-state index is 0.00409. The predicted octanol–water partition coefficient (Wildman–Crippen LogP) is -0.981. The van der Waals surface area contributed by atoms with Gasteiger partial charge >= 0.3 is 5.97 Å². The van der Waals surface area contributed by atoms with Crippen LogP contribution >= 0.6 is 23.4 Å². The maximum absolute atomic E-state index is 15.8. The average molecular weight is 1940 g/mol. The number of carboxylic acids is 1. The number of imidazole rings is 1. The van der Waals surface area contributed by atoms with Crippen molar-refractivity contribution in [1.82, 2.24) is 92.3 Å². The Balaban J connectivity index is 1.11. The summed E-state index contributed by atoms with van der Waals surface area (Å²) >= 11 is 7.02. The van der Waals surface area contributed by atoms with Crippen LogP contribution in [0.5, 0.6) is 0 Å². The number of thioether (sulfide) groups is 1. The zero-order valence-electron chi connectivity index (χ0n) is 77.4. The molecule has 0 radical (unpaired) electrons. The van der Waals surface area contributed by atoms with Gasteiger partial charge in [-0.2, -0.15) is 0 Å². The van der Waals surface area contributed by atoms with Crippen LogP contribution in [0.1, 0.15) is 146 Å². The van der Waals surface area contributed by atoms with E-state index >= 15 is 38.4 Å². The lowest BCUT2D eigenvalue weighted by Gasteiger charge is -2.36. The number of primary amides is 2. The fourth-order valence-electron chi connectivity index (χ4n) is 17.2. The summed E-state index contributed by atoms with van der Waals surface area (Å²) in [5, 5.41) is 65.7. The third-order valence-electron chi connectivity index (χ3n) is 24.8. The second-order valence-corrected chi connectivity index (χ2v) is 36.3. The minimum Gasteiger partial charge on any atom is -0.481 e. The number of likely N-dealkylation sites (N-methyl/N-ethyl adjacent to an activating group) is 3. The van der Waals surface area contributed by atoms with E-state index in [2.05, 4.69) is 67.8 Å². The van der Waals surface area contributed by atoms with E-state index in [1.165, 1.54) is 57.6 Å². The van der Waals surface area contributed by atoms with Crippen LogP contribution in [0.3, 0.4) is 0 Å². The van der Waals surface area contributed by atoms with Crippen molar-refractivity contribution in [3.8, 4) is 0 Å². The largest absolute Gasteiger partial charge is 0.481 e. The number of hydrogen-bond donors (Lipinski definition) is 19. The third-order valence-corrected chi connectivity index (χ3v) is 26.1. The Morgan fingerprint density at radius 3 is 1.77 bits per heavy atom. The number of nitrogens with two attached hydrogens (primary N) is 3. The highest BCUT2D eigenvalue weighted by Gasteiger charge is 2.47. The summed E-state index contributed by atoms with van der Waals surface area (Å²) in [6, 6.07) is 1.21. The summed E-state index contributed by atoms with van der Waals surface area (Å²) in [5.74, 6) is -21.7. The van der Waals surface area contributed by atoms with Crippen LogP contribution in [0.2, 0.25) is 5.02 Å². The lowest BCUT2D eigenvalue weighted by atomic mass is 9.88. The molecule has 15 atom stereocenters. The molecule has 3 aliphatic rings. The lowest BCUT2D eigenvalue weighted by Crippen LogP contribution is -2.60. The Bertz CT molecular complexity index is 5330. The number of carbonyl (C=O) groups excluding carboxylic acids is 17. The molecule has 45 heteroatoms. The summed E-state index contributed by atoms with van der Waals surface area (Å²) in [4.78, 5) is 282. The summed E-state index contributed by atoms with van der Waals surface area (Å²) in [6.45, 7) is 2.43. The molecule has 43 nitrogen and oxygen atoms in total. The molecular weight excluding hydrogens is 1820 g/mol. The number of amides is 15. The van der Waals surface area contributed by atoms with Crippen molar-refractivity contribution in [1.29, 1.82) is 5.41 Å². The number of nitrogens with one attached hydrogen (secondary N) is 13. The number of aliphatic carboxylic acids is 1. The van der Waals surface area contributed by atoms with E-state index in [0.717, 1.165) is 31.4 Å². The van der Waals surface area contributed by atoms with Crippen LogP contribution in [0.4, 0.5) is 0 Å². The SMILES string of the molecule is CCCC[C@H]1C(=O)N(C)[C@@H](CCCC)C(=O)N[C@@H](CCCNC(=N)N)C(=O)N[C@H](C(=O)NCC(N)=O)CSCC(=O)N[C@@H](Cc2ccc(Cl)cc2)C(=O)N(C)[C@@H](C)C(=O)N[C@@H](CC(N)=O)C(=O)N2CCC[C@H]2C(=O)N[C@@H](Cc2cnc[nH]2)C(=O)N[C@@H](CCC(=O)O)C(=O)N2C[C@H](O)C[C@H]2C(=O)C[C@@H](Cc2c[nH]c3ccccc23)C(=O)N[C@@H](CO)C(=O)C[C@@H](Cc2c[nH]c3ccccc23)C(=O)N1C. The fraction of sp³-hybridized carbons (Fsp3) is 0.522. The Kier molecular flexibility index (Phi) is 40.4. The van der Waals surface area contributed by atoms with Gasteiger partial charge in [0.1, 0.15) is 66.5 Å². The van der Waals surface area contributed by atoms with Gasteiger partial charge in [-0.15, -0.1) is 11.8 Å². The number of guanidine groups is 1. The molecule has 3 saturated heterocycles. The Morgan fingerprint density at radius 2 is 1.16 bits per heavy atom. The van der Waals surface area contributed by atoms with Crippen molar-refractivity contribution in [3.63, 3.8) is 0 Å². The number of aliphatic hydroxyl groups excluding tert-OH is 2. The molecule has 3 aromatic carbocycles. The number of unbranched alkanes of at least 4 members (excludes halogenated alkanes) is 2. The molecule has 742 valence electrons. The minimum atomic E-state index is -1.82. The zero-order valence-corrected chi connectivity index (χ0v) is 79.0. The number of carbonyl (C=O) groups is 18. The normalized spacial score (nSPS) is 24.6. The van der Waals surface area contributed by atoms with E-state index in [-0.39, 0.29) is 76.6 Å². The molecule has 22 N–H and O–H groups in total. The summed E-state index contributed by atoms with van der Waals surface area (Å²) in [5.41, 5.74) is 19.8. The number of fused-ring (bicyclic) bond motifs is 4. The maximum Gasteiger partial charge on any atom is 0.303 e. The number of carboxylic acid groups (broad SMARTS) is 1. The van der Waals surface area contributed by atoms with E-state index in [0.29, 0.717) is 69.2 Å². The van der Waals surface area contributed by atoms with Crippen molar-refractivity contribution in [2.24, 2.45) is 29.0 Å². The van der Waals surface area contributed by atoms with E-state index in [9.17, 15) is 63.3 Å². The summed E-state index contributed by atoms with van der Waals surface area (Å²) < 4.78 is 0. The number of aromatic amines is 3. The van der Waals surface area contributed by atoms with Crippen LogP contribution in [0.15, 0.2) is 97.7 Å². The third kappa shape index (κ3) is 30.3. The number of H-pyrrole nitrogens is 3. The average Bonchev–Trinajstić information content (AvgIpc) is 1.69. The number of Topliss-reactive ketones (excluding diaryl/α,β-unsaturated/α-hetero) is 2. The fourth-order valence-corrected chi connectivity index (χ4v) is 18.2. The summed E-state index contributed by atoms with van der Waals surface area (Å²) in [6.07, 6.45) is 0.768. The number of hydrogen-bond acceptors (Lipinski definition) is 23. The molecule has 3 aliphatic heterocycles. The van der Waals surface area contributed by atoms with Gasteiger partial charge in [0.25, 0.3) is 0 Å². The van der Waals surface area contributed by atoms with Crippen molar-refractivity contribution in [2.45, 2.75) is 228 Å². The first kappa shape index (κ1) is 107. The first-order chi connectivity index (χ1) is 65.3. The molecule has 0 bridgehead atoms. The van der Waals surface area contributed by atoms with Crippen molar-refractivity contribution in [3.05, 3.63) is 125 Å². The highest BCUT2D eigenvalue weighted by Crippen LogP contribution is 2.31. The molecule has 137 heavy (non-hydrogen) atoms. The molecule has 15 amide bonds. The quantitative estimate of drug-likeness (QED) is 0.0167. The molecule has 3 aromatic heterocycles. The lowest BCUT2D eigenvalue weighted by molar-refractivity contribution is -0.150. The van der Waals surface area contributed by atoms with Gasteiger partial charge in [-0.25, -0.2) is 4.98 Å². The molecule has 0 saturated carbocycles. The van der Waals surface area contributed by atoms with Crippen LogP contribution in [0.25, 0.3) is 21.8 Å².